The van der Waals surface area contributed by atoms with Crippen LogP contribution in [0.15, 0.2) is 22.4 Å². The van der Waals surface area contributed by atoms with Crippen LogP contribution < -0.4 is 5.32 Å². The van der Waals surface area contributed by atoms with Crippen molar-refractivity contribution in [2.24, 2.45) is 0 Å². The topological polar surface area (TPSA) is 95.2 Å². The van der Waals surface area contributed by atoms with Gasteiger partial charge in [0, 0.05) is 16.6 Å². The number of nitrogens with zero attached hydrogens (tertiary/aromatic N) is 3. The van der Waals surface area contributed by atoms with Crippen molar-refractivity contribution in [3.63, 3.8) is 0 Å². The van der Waals surface area contributed by atoms with Crippen LogP contribution >= 0.6 is 23.1 Å². The Bertz CT molecular complexity index is 1120. The van der Waals surface area contributed by atoms with Crippen LogP contribution in [0, 0.1) is 25.2 Å². The Morgan fingerprint density at radius 2 is 2.06 bits per heavy atom. The predicted molar refractivity (Wildman–Crippen MR) is 122 cm³/mol. The molecule has 1 saturated carbocycles. The molecule has 0 unspecified atom stereocenters. The molecule has 0 radical (unpaired) electrons. The van der Waals surface area contributed by atoms with Gasteiger partial charge >= 0.3 is 0 Å². The average Bonchev–Trinajstić information content (AvgIpc) is 3.51. The third-order valence-electron chi connectivity index (χ3n) is 5.81. The molecular weight excluding hydrogens is 432 g/mol. The molecule has 1 aliphatic heterocycles. The van der Waals surface area contributed by atoms with Crippen molar-refractivity contribution in [2.75, 3.05) is 11.9 Å². The molecule has 4 rings (SSSR count). The molecule has 1 N–H and O–H groups in total. The summed E-state index contributed by atoms with van der Waals surface area (Å²) in [5.41, 5.74) is 2.24. The summed E-state index contributed by atoms with van der Waals surface area (Å²) in [4.78, 5) is 40.0. The zero-order valence-electron chi connectivity index (χ0n) is 17.3. The SMILES string of the molecule is Cc1c(C#N)c(NC(=O)CN2C(=O)S/C(=C\c3cccs3)C2=O)n(C2CCCC2)c1C. The molecule has 0 bridgehead atoms. The molecule has 2 aliphatic rings. The Morgan fingerprint density at radius 1 is 1.32 bits per heavy atom. The Morgan fingerprint density at radius 3 is 2.71 bits per heavy atom. The Labute approximate surface area is 188 Å². The zero-order valence-corrected chi connectivity index (χ0v) is 18.9. The summed E-state index contributed by atoms with van der Waals surface area (Å²) in [6.45, 7) is 3.45. The second-order valence-corrected chi connectivity index (χ2v) is 9.66. The van der Waals surface area contributed by atoms with Gasteiger partial charge < -0.3 is 9.88 Å². The number of carbonyl (C=O) groups excluding carboxylic acids is 3. The van der Waals surface area contributed by atoms with E-state index in [0.717, 1.165) is 58.5 Å². The second-order valence-electron chi connectivity index (χ2n) is 7.69. The molecule has 3 heterocycles. The van der Waals surface area contributed by atoms with Crippen LogP contribution in [0.5, 0.6) is 0 Å². The van der Waals surface area contributed by atoms with E-state index in [1.165, 1.54) is 11.3 Å². The summed E-state index contributed by atoms with van der Waals surface area (Å²) >= 11 is 2.30. The van der Waals surface area contributed by atoms with E-state index < -0.39 is 17.1 Å². The van der Waals surface area contributed by atoms with Crippen molar-refractivity contribution < 1.29 is 14.4 Å². The van der Waals surface area contributed by atoms with E-state index in [9.17, 15) is 19.6 Å². The minimum absolute atomic E-state index is 0.238. The summed E-state index contributed by atoms with van der Waals surface area (Å²) in [7, 11) is 0. The number of aromatic nitrogens is 1. The number of imide groups is 1. The third-order valence-corrected chi connectivity index (χ3v) is 7.53. The first-order chi connectivity index (χ1) is 14.9. The number of thioether (sulfide) groups is 1. The van der Waals surface area contributed by atoms with Crippen LogP contribution in [0.25, 0.3) is 6.08 Å². The fourth-order valence-corrected chi connectivity index (χ4v) is 5.72. The lowest BCUT2D eigenvalue weighted by molar-refractivity contribution is -0.127. The minimum atomic E-state index is -0.493. The quantitative estimate of drug-likeness (QED) is 0.653. The number of nitriles is 1. The van der Waals surface area contributed by atoms with Gasteiger partial charge in [0.1, 0.15) is 18.4 Å². The molecule has 2 aromatic rings. The van der Waals surface area contributed by atoms with E-state index in [1.807, 2.05) is 35.9 Å². The Hall–Kier alpha value is -2.83. The highest BCUT2D eigenvalue weighted by atomic mass is 32.2. The van der Waals surface area contributed by atoms with Crippen LogP contribution in [0.4, 0.5) is 10.6 Å². The number of anilines is 1. The normalized spacial score (nSPS) is 18.2. The fourth-order valence-electron chi connectivity index (χ4n) is 4.16. The number of rotatable bonds is 5. The Balaban J connectivity index is 1.54. The maximum absolute atomic E-state index is 12.8. The summed E-state index contributed by atoms with van der Waals surface area (Å²) in [5, 5.41) is 13.9. The standard InChI is InChI=1S/C22H22N4O3S2/c1-13-14(2)26(15-6-3-4-7-15)20(17(13)11-23)24-19(27)12-25-21(28)18(31-22(25)29)10-16-8-5-9-30-16/h5,8-10,15H,3-4,6-7,12H2,1-2H3,(H,24,27)/b18-10-. The van der Waals surface area contributed by atoms with Crippen molar-refractivity contribution in [3.05, 3.63) is 44.1 Å². The van der Waals surface area contributed by atoms with Crippen molar-refractivity contribution in [2.45, 2.75) is 45.6 Å². The Kier molecular flexibility index (Phi) is 6.03. The average molecular weight is 455 g/mol. The van der Waals surface area contributed by atoms with Gasteiger partial charge in [-0.3, -0.25) is 19.3 Å². The van der Waals surface area contributed by atoms with Gasteiger partial charge in [0.2, 0.25) is 5.91 Å². The molecule has 7 nitrogen and oxygen atoms in total. The second kappa shape index (κ2) is 8.73. The highest BCUT2D eigenvalue weighted by Gasteiger charge is 2.37. The van der Waals surface area contributed by atoms with E-state index in [0.29, 0.717) is 16.3 Å². The molecule has 2 fully saturated rings. The van der Waals surface area contributed by atoms with Crippen LogP contribution in [0.2, 0.25) is 0 Å². The smallest absolute Gasteiger partial charge is 0.294 e. The van der Waals surface area contributed by atoms with E-state index in [-0.39, 0.29) is 12.6 Å². The molecule has 0 spiro atoms. The largest absolute Gasteiger partial charge is 0.327 e. The summed E-state index contributed by atoms with van der Waals surface area (Å²) in [6, 6.07) is 6.16. The van der Waals surface area contributed by atoms with Crippen LogP contribution in [0.3, 0.4) is 0 Å². The van der Waals surface area contributed by atoms with Gasteiger partial charge in [0.15, 0.2) is 0 Å². The number of nitrogens with one attached hydrogen (secondary N) is 1. The lowest BCUT2D eigenvalue weighted by atomic mass is 10.2. The molecule has 0 aromatic carbocycles. The molecule has 3 amide bonds. The first-order valence-corrected chi connectivity index (χ1v) is 11.8. The predicted octanol–water partition coefficient (Wildman–Crippen LogP) is 4.83. The number of hydrogen-bond donors (Lipinski definition) is 1. The maximum atomic E-state index is 12.8. The monoisotopic (exact) mass is 454 g/mol. The van der Waals surface area contributed by atoms with Crippen LogP contribution in [-0.4, -0.2) is 33.1 Å². The maximum Gasteiger partial charge on any atom is 0.294 e. The number of thiophene rings is 1. The molecule has 9 heteroatoms. The lowest BCUT2D eigenvalue weighted by Gasteiger charge is -2.20. The van der Waals surface area contributed by atoms with Crippen molar-refractivity contribution in [3.8, 4) is 6.07 Å². The summed E-state index contributed by atoms with van der Waals surface area (Å²) in [5.74, 6) is -0.499. The van der Waals surface area contributed by atoms with E-state index >= 15 is 0 Å². The van der Waals surface area contributed by atoms with Crippen molar-refractivity contribution in [1.29, 1.82) is 5.26 Å². The number of hydrogen-bond acceptors (Lipinski definition) is 6. The van der Waals surface area contributed by atoms with Crippen molar-refractivity contribution >= 4 is 52.0 Å². The van der Waals surface area contributed by atoms with E-state index in [1.54, 1.807) is 6.08 Å². The summed E-state index contributed by atoms with van der Waals surface area (Å²) < 4.78 is 2.04. The first kappa shape index (κ1) is 21.4. The first-order valence-electron chi connectivity index (χ1n) is 10.1. The van der Waals surface area contributed by atoms with Gasteiger partial charge in [0.05, 0.1) is 10.5 Å². The highest BCUT2D eigenvalue weighted by Crippen LogP contribution is 2.38. The molecule has 1 saturated heterocycles. The van der Waals surface area contributed by atoms with Crippen LogP contribution in [-0.2, 0) is 9.59 Å². The van der Waals surface area contributed by atoms with Gasteiger partial charge in [-0.15, -0.1) is 11.3 Å². The van der Waals surface area contributed by atoms with Gasteiger partial charge in [-0.1, -0.05) is 18.9 Å². The fraction of sp³-hybridized carbons (Fsp3) is 0.364. The van der Waals surface area contributed by atoms with Gasteiger partial charge in [-0.05, 0) is 61.5 Å². The van der Waals surface area contributed by atoms with Gasteiger partial charge in [-0.2, -0.15) is 5.26 Å². The molecule has 1 aliphatic carbocycles. The lowest BCUT2D eigenvalue weighted by Crippen LogP contribution is -2.36. The van der Waals surface area contributed by atoms with E-state index in [4.69, 9.17) is 0 Å². The van der Waals surface area contributed by atoms with Gasteiger partial charge in [0.25, 0.3) is 11.1 Å². The number of carbonyl (C=O) groups is 3. The van der Waals surface area contributed by atoms with E-state index in [2.05, 4.69) is 11.4 Å². The molecular formula is C22H22N4O3S2. The van der Waals surface area contributed by atoms with Gasteiger partial charge in [-0.25, -0.2) is 0 Å². The molecule has 160 valence electrons. The zero-order chi connectivity index (χ0) is 22.1. The molecule has 31 heavy (non-hydrogen) atoms. The molecule has 0 atom stereocenters. The van der Waals surface area contributed by atoms with Crippen LogP contribution in [0.1, 0.15) is 53.4 Å². The molecule has 2 aromatic heterocycles. The number of amides is 3. The summed E-state index contributed by atoms with van der Waals surface area (Å²) in [6.07, 6.45) is 5.89. The van der Waals surface area contributed by atoms with Crippen molar-refractivity contribution in [1.82, 2.24) is 9.47 Å². The minimum Gasteiger partial charge on any atom is -0.327 e. The highest BCUT2D eigenvalue weighted by molar-refractivity contribution is 8.18. The third kappa shape index (κ3) is 4.05.